The molecular weight excluding hydrogens is 283 g/mol. The SMILES string of the molecule is CCCCCBr.Clc1ccccc1Cl. The van der Waals surface area contributed by atoms with Gasteiger partial charge in [0.25, 0.3) is 0 Å². The van der Waals surface area contributed by atoms with Crippen LogP contribution in [0, 0.1) is 0 Å². The highest BCUT2D eigenvalue weighted by Crippen LogP contribution is 2.19. The molecule has 1 aromatic carbocycles. The highest BCUT2D eigenvalue weighted by atomic mass is 79.9. The molecule has 0 aliphatic heterocycles. The van der Waals surface area contributed by atoms with E-state index >= 15 is 0 Å². The van der Waals surface area contributed by atoms with Gasteiger partial charge in [0.2, 0.25) is 0 Å². The zero-order valence-corrected chi connectivity index (χ0v) is 11.4. The van der Waals surface area contributed by atoms with Crippen LogP contribution in [0.2, 0.25) is 10.0 Å². The Morgan fingerprint density at radius 2 is 1.57 bits per heavy atom. The van der Waals surface area contributed by atoms with Gasteiger partial charge in [0.05, 0.1) is 10.0 Å². The second-order valence-corrected chi connectivity index (χ2v) is 4.42. The molecule has 0 unspecified atom stereocenters. The highest BCUT2D eigenvalue weighted by Gasteiger charge is 1.89. The molecule has 0 fully saturated rings. The fourth-order valence-electron chi connectivity index (χ4n) is 0.784. The van der Waals surface area contributed by atoms with E-state index < -0.39 is 0 Å². The molecular formula is C11H15BrCl2. The fourth-order valence-corrected chi connectivity index (χ4v) is 1.45. The van der Waals surface area contributed by atoms with Crippen molar-refractivity contribution in [1.82, 2.24) is 0 Å². The van der Waals surface area contributed by atoms with Crippen molar-refractivity contribution in [2.24, 2.45) is 0 Å². The maximum Gasteiger partial charge on any atom is 0.0592 e. The molecule has 0 amide bonds. The lowest BCUT2D eigenvalue weighted by Crippen LogP contribution is -1.70. The summed E-state index contributed by atoms with van der Waals surface area (Å²) in [6.07, 6.45) is 4.02. The Balaban J connectivity index is 0.000000255. The number of rotatable bonds is 3. The largest absolute Gasteiger partial charge is 0.0928 e. The van der Waals surface area contributed by atoms with Crippen LogP contribution in [0.3, 0.4) is 0 Å². The van der Waals surface area contributed by atoms with E-state index in [1.165, 1.54) is 24.6 Å². The van der Waals surface area contributed by atoms with Crippen LogP contribution in [0.25, 0.3) is 0 Å². The summed E-state index contributed by atoms with van der Waals surface area (Å²) in [5.41, 5.74) is 0. The maximum absolute atomic E-state index is 5.58. The van der Waals surface area contributed by atoms with Crippen molar-refractivity contribution in [3.05, 3.63) is 34.3 Å². The van der Waals surface area contributed by atoms with Gasteiger partial charge in [-0.2, -0.15) is 0 Å². The van der Waals surface area contributed by atoms with E-state index in [9.17, 15) is 0 Å². The molecule has 0 heterocycles. The summed E-state index contributed by atoms with van der Waals surface area (Å²) in [6.45, 7) is 2.21. The third-order valence-corrected chi connectivity index (χ3v) is 2.88. The monoisotopic (exact) mass is 296 g/mol. The topological polar surface area (TPSA) is 0 Å². The molecule has 0 aliphatic carbocycles. The van der Waals surface area contributed by atoms with Crippen molar-refractivity contribution in [2.45, 2.75) is 26.2 Å². The number of halogens is 3. The second kappa shape index (κ2) is 9.82. The lowest BCUT2D eigenvalue weighted by molar-refractivity contribution is 0.781. The molecule has 1 aromatic rings. The zero-order valence-electron chi connectivity index (χ0n) is 8.27. The van der Waals surface area contributed by atoms with Gasteiger partial charge in [-0.15, -0.1) is 0 Å². The number of benzene rings is 1. The first kappa shape index (κ1) is 14.3. The molecule has 0 atom stereocenters. The predicted octanol–water partition coefficient (Wildman–Crippen LogP) is 5.56. The van der Waals surface area contributed by atoms with Crippen LogP contribution in [0.4, 0.5) is 0 Å². The van der Waals surface area contributed by atoms with Gasteiger partial charge in [0, 0.05) is 5.33 Å². The Hall–Kier alpha value is 0.280. The van der Waals surface area contributed by atoms with Gasteiger partial charge in [-0.3, -0.25) is 0 Å². The van der Waals surface area contributed by atoms with Crippen LogP contribution in [0.5, 0.6) is 0 Å². The summed E-state index contributed by atoms with van der Waals surface area (Å²) in [5, 5.41) is 2.38. The van der Waals surface area contributed by atoms with Crippen LogP contribution in [0.15, 0.2) is 24.3 Å². The van der Waals surface area contributed by atoms with Crippen molar-refractivity contribution in [2.75, 3.05) is 5.33 Å². The maximum atomic E-state index is 5.58. The van der Waals surface area contributed by atoms with Crippen LogP contribution in [0.1, 0.15) is 26.2 Å². The average molecular weight is 298 g/mol. The van der Waals surface area contributed by atoms with Crippen molar-refractivity contribution in [3.8, 4) is 0 Å². The molecule has 0 aromatic heterocycles. The standard InChI is InChI=1S/C6H4Cl2.C5H11Br/c7-5-3-1-2-4-6(5)8;1-2-3-4-5-6/h1-4H;2-5H2,1H3. The molecule has 0 aliphatic rings. The molecule has 0 saturated heterocycles. The normalized spacial score (nSPS) is 9.14. The number of hydrogen-bond donors (Lipinski definition) is 0. The van der Waals surface area contributed by atoms with Gasteiger partial charge in [-0.1, -0.05) is 71.0 Å². The molecule has 80 valence electrons. The van der Waals surface area contributed by atoms with Gasteiger partial charge >= 0.3 is 0 Å². The Morgan fingerprint density at radius 1 is 1.07 bits per heavy atom. The first-order valence-electron chi connectivity index (χ1n) is 4.68. The first-order valence-corrected chi connectivity index (χ1v) is 6.56. The lowest BCUT2D eigenvalue weighted by atomic mass is 10.3. The molecule has 0 nitrogen and oxygen atoms in total. The summed E-state index contributed by atoms with van der Waals surface area (Å²) in [4.78, 5) is 0. The summed E-state index contributed by atoms with van der Waals surface area (Å²) in [7, 11) is 0. The van der Waals surface area contributed by atoms with E-state index in [2.05, 4.69) is 22.9 Å². The Labute approximate surface area is 105 Å². The zero-order chi connectivity index (χ0) is 10.8. The van der Waals surface area contributed by atoms with E-state index in [0.29, 0.717) is 10.0 Å². The fraction of sp³-hybridized carbons (Fsp3) is 0.455. The number of unbranched alkanes of at least 4 members (excludes halogenated alkanes) is 2. The summed E-state index contributed by atoms with van der Waals surface area (Å²) < 4.78 is 0. The third kappa shape index (κ3) is 7.66. The van der Waals surface area contributed by atoms with E-state index in [-0.39, 0.29) is 0 Å². The van der Waals surface area contributed by atoms with Gasteiger partial charge < -0.3 is 0 Å². The lowest BCUT2D eigenvalue weighted by Gasteiger charge is -1.88. The van der Waals surface area contributed by atoms with Crippen LogP contribution in [-0.2, 0) is 0 Å². The molecule has 0 radical (unpaired) electrons. The van der Waals surface area contributed by atoms with Crippen LogP contribution >= 0.6 is 39.1 Å². The van der Waals surface area contributed by atoms with Gasteiger partial charge in [0.15, 0.2) is 0 Å². The Kier molecular flexibility index (Phi) is 10.0. The summed E-state index contributed by atoms with van der Waals surface area (Å²) >= 11 is 14.5. The smallest absolute Gasteiger partial charge is 0.0592 e. The van der Waals surface area contributed by atoms with Crippen molar-refractivity contribution in [1.29, 1.82) is 0 Å². The molecule has 14 heavy (non-hydrogen) atoms. The van der Waals surface area contributed by atoms with Crippen LogP contribution < -0.4 is 0 Å². The Morgan fingerprint density at radius 3 is 1.79 bits per heavy atom. The van der Waals surface area contributed by atoms with E-state index in [1.54, 1.807) is 12.1 Å². The van der Waals surface area contributed by atoms with Crippen molar-refractivity contribution in [3.63, 3.8) is 0 Å². The van der Waals surface area contributed by atoms with E-state index in [1.807, 2.05) is 12.1 Å². The molecule has 0 bridgehead atoms. The summed E-state index contributed by atoms with van der Waals surface area (Å²) in [6, 6.07) is 7.19. The average Bonchev–Trinajstić information content (AvgIpc) is 2.20. The third-order valence-electron chi connectivity index (χ3n) is 1.56. The van der Waals surface area contributed by atoms with E-state index in [0.717, 1.165) is 0 Å². The number of alkyl halides is 1. The number of hydrogen-bond acceptors (Lipinski definition) is 0. The molecule has 3 heteroatoms. The minimum absolute atomic E-state index is 0.606. The van der Waals surface area contributed by atoms with Crippen molar-refractivity contribution < 1.29 is 0 Å². The molecule has 0 spiro atoms. The quantitative estimate of drug-likeness (QED) is 0.506. The molecule has 0 saturated carbocycles. The minimum Gasteiger partial charge on any atom is -0.0928 e. The Bertz CT molecular complexity index is 213. The predicted molar refractivity (Wildman–Crippen MR) is 69.8 cm³/mol. The second-order valence-electron chi connectivity index (χ2n) is 2.81. The van der Waals surface area contributed by atoms with Crippen LogP contribution in [-0.4, -0.2) is 5.33 Å². The molecule has 1 rings (SSSR count). The van der Waals surface area contributed by atoms with Crippen molar-refractivity contribution >= 4 is 39.1 Å². The minimum atomic E-state index is 0.606. The van der Waals surface area contributed by atoms with E-state index in [4.69, 9.17) is 23.2 Å². The first-order chi connectivity index (χ1) is 6.72. The molecule has 0 N–H and O–H groups in total. The summed E-state index contributed by atoms with van der Waals surface area (Å²) in [5.74, 6) is 0. The van der Waals surface area contributed by atoms with Gasteiger partial charge in [-0.25, -0.2) is 0 Å². The van der Waals surface area contributed by atoms with Gasteiger partial charge in [-0.05, 0) is 18.6 Å². The van der Waals surface area contributed by atoms with Gasteiger partial charge in [0.1, 0.15) is 0 Å². The highest BCUT2D eigenvalue weighted by molar-refractivity contribution is 9.09.